The summed E-state index contributed by atoms with van der Waals surface area (Å²) in [6, 6.07) is 11.7. The Morgan fingerprint density at radius 3 is 2.52 bits per heavy atom. The number of benzene rings is 2. The lowest BCUT2D eigenvalue weighted by molar-refractivity contribution is -0.118. The zero-order chi connectivity index (χ0) is 22.9. The number of ether oxygens (including phenoxy) is 3. The van der Waals surface area contributed by atoms with Gasteiger partial charge in [0.25, 0.3) is 0 Å². The number of rotatable bonds is 6. The van der Waals surface area contributed by atoms with E-state index in [0.29, 0.717) is 41.7 Å². The normalized spacial score (nSPS) is 13.0. The Labute approximate surface area is 191 Å². The summed E-state index contributed by atoms with van der Waals surface area (Å²) >= 11 is 0. The van der Waals surface area contributed by atoms with Crippen LogP contribution in [0.25, 0.3) is 16.7 Å². The van der Waals surface area contributed by atoms with Crippen molar-refractivity contribution < 1.29 is 19.0 Å². The van der Waals surface area contributed by atoms with Gasteiger partial charge in [0.15, 0.2) is 11.5 Å². The average molecular weight is 444 g/mol. The van der Waals surface area contributed by atoms with Crippen LogP contribution in [0.5, 0.6) is 17.2 Å². The second-order valence-corrected chi connectivity index (χ2v) is 7.83. The summed E-state index contributed by atoms with van der Waals surface area (Å²) in [4.78, 5) is 21.4. The van der Waals surface area contributed by atoms with Gasteiger partial charge in [0.05, 0.1) is 27.0 Å². The average Bonchev–Trinajstić information content (AvgIpc) is 3.26. The summed E-state index contributed by atoms with van der Waals surface area (Å²) in [5, 5.41) is 4.14. The van der Waals surface area contributed by atoms with Crippen molar-refractivity contribution in [3.63, 3.8) is 0 Å². The Morgan fingerprint density at radius 1 is 1.00 bits per heavy atom. The quantitative estimate of drug-likeness (QED) is 0.476. The summed E-state index contributed by atoms with van der Waals surface area (Å²) in [6.45, 7) is 0. The van der Waals surface area contributed by atoms with E-state index in [1.807, 2.05) is 29.0 Å². The van der Waals surface area contributed by atoms with Crippen molar-refractivity contribution in [3.8, 4) is 22.9 Å². The molecule has 0 aliphatic heterocycles. The highest BCUT2D eigenvalue weighted by Gasteiger charge is 2.20. The second-order valence-electron chi connectivity index (χ2n) is 7.83. The monoisotopic (exact) mass is 444 g/mol. The van der Waals surface area contributed by atoms with E-state index in [2.05, 4.69) is 16.4 Å². The van der Waals surface area contributed by atoms with Gasteiger partial charge in [0.1, 0.15) is 11.4 Å². The lowest BCUT2D eigenvalue weighted by Gasteiger charge is -2.19. The van der Waals surface area contributed by atoms with Gasteiger partial charge in [-0.3, -0.25) is 4.79 Å². The highest BCUT2D eigenvalue weighted by molar-refractivity contribution is 5.85. The number of methoxy groups -OCH3 is 3. The molecule has 0 bridgehead atoms. The maximum Gasteiger partial charge on any atom is 0.229 e. The highest BCUT2D eigenvalue weighted by Crippen LogP contribution is 2.40. The van der Waals surface area contributed by atoms with Crippen LogP contribution in [0.4, 0.5) is 11.6 Å². The molecule has 0 spiro atoms. The predicted molar refractivity (Wildman–Crippen MR) is 125 cm³/mol. The number of nitrogens with zero attached hydrogens (tertiary/aromatic N) is 3. The van der Waals surface area contributed by atoms with Gasteiger partial charge in [-0.2, -0.15) is 4.98 Å². The Hall–Kier alpha value is -4.07. The molecule has 1 aliphatic carbocycles. The number of carbonyl (C=O) groups is 1. The van der Waals surface area contributed by atoms with Crippen molar-refractivity contribution in [1.82, 2.24) is 14.5 Å². The molecule has 8 heteroatoms. The number of aryl methyl sites for hydroxylation is 1. The zero-order valence-electron chi connectivity index (χ0n) is 18.7. The van der Waals surface area contributed by atoms with E-state index in [1.165, 1.54) is 5.56 Å². The van der Waals surface area contributed by atoms with E-state index >= 15 is 0 Å². The van der Waals surface area contributed by atoms with Crippen LogP contribution >= 0.6 is 0 Å². The van der Waals surface area contributed by atoms with Crippen molar-refractivity contribution in [3.05, 3.63) is 59.9 Å². The molecule has 2 aromatic carbocycles. The molecule has 8 nitrogen and oxygen atoms in total. The number of carbonyl (C=O) groups excluding carboxylic acids is 1. The van der Waals surface area contributed by atoms with Gasteiger partial charge >= 0.3 is 0 Å². The molecule has 0 unspecified atom stereocenters. The van der Waals surface area contributed by atoms with Crippen LogP contribution in [-0.2, 0) is 17.6 Å². The number of ketones is 1. The zero-order valence-corrected chi connectivity index (χ0v) is 18.7. The van der Waals surface area contributed by atoms with Gasteiger partial charge < -0.3 is 24.1 Å². The minimum atomic E-state index is 0.269. The predicted octanol–water partition coefficient (Wildman–Crippen LogP) is 4.25. The fraction of sp³-hybridized carbons (Fsp3) is 0.240. The fourth-order valence-electron chi connectivity index (χ4n) is 4.30. The Bertz CT molecular complexity index is 1340. The van der Waals surface area contributed by atoms with Crippen LogP contribution in [0.1, 0.15) is 17.5 Å². The largest absolute Gasteiger partial charge is 0.493 e. The molecular formula is C25H24N4O4. The molecular weight excluding hydrogens is 420 g/mol. The molecule has 2 heterocycles. The van der Waals surface area contributed by atoms with E-state index in [4.69, 9.17) is 19.2 Å². The molecule has 0 saturated carbocycles. The van der Waals surface area contributed by atoms with Crippen LogP contribution in [0.15, 0.2) is 48.8 Å². The molecule has 168 valence electrons. The van der Waals surface area contributed by atoms with E-state index < -0.39 is 0 Å². The molecule has 33 heavy (non-hydrogen) atoms. The third-order valence-corrected chi connectivity index (χ3v) is 5.90. The number of nitrogens with one attached hydrogen (secondary N) is 1. The number of Topliss-reactive ketones (excluding diaryl/α,β-unsaturated/α-hetero) is 1. The van der Waals surface area contributed by atoms with Gasteiger partial charge in [0, 0.05) is 48.4 Å². The van der Waals surface area contributed by atoms with Crippen LogP contribution < -0.4 is 19.5 Å². The molecule has 4 aromatic rings. The minimum absolute atomic E-state index is 0.269. The number of hydrogen-bond acceptors (Lipinski definition) is 7. The Balaban J connectivity index is 1.55. The maximum atomic E-state index is 12.1. The number of fused-ring (bicyclic) bond motifs is 2. The third-order valence-electron chi connectivity index (χ3n) is 5.90. The van der Waals surface area contributed by atoms with Crippen molar-refractivity contribution in [2.75, 3.05) is 26.6 Å². The Morgan fingerprint density at radius 2 is 1.79 bits per heavy atom. The minimum Gasteiger partial charge on any atom is -0.493 e. The first-order valence-electron chi connectivity index (χ1n) is 10.6. The van der Waals surface area contributed by atoms with E-state index in [1.54, 1.807) is 39.7 Å². The summed E-state index contributed by atoms with van der Waals surface area (Å²) in [7, 11) is 4.71. The topological polar surface area (TPSA) is 87.5 Å². The van der Waals surface area contributed by atoms with E-state index in [9.17, 15) is 4.79 Å². The summed E-state index contributed by atoms with van der Waals surface area (Å²) in [5.74, 6) is 2.27. The lowest BCUT2D eigenvalue weighted by Crippen LogP contribution is -2.16. The van der Waals surface area contributed by atoms with Crippen molar-refractivity contribution >= 4 is 28.5 Å². The molecule has 0 radical (unpaired) electrons. The molecule has 1 aliphatic rings. The first-order chi connectivity index (χ1) is 16.1. The number of anilines is 2. The summed E-state index contributed by atoms with van der Waals surface area (Å²) in [6.07, 6.45) is 5.59. The van der Waals surface area contributed by atoms with Crippen LogP contribution in [0.2, 0.25) is 0 Å². The molecule has 5 rings (SSSR count). The number of aromatic nitrogens is 3. The van der Waals surface area contributed by atoms with E-state index in [0.717, 1.165) is 28.7 Å². The number of hydrogen-bond donors (Lipinski definition) is 1. The molecule has 0 saturated heterocycles. The summed E-state index contributed by atoms with van der Waals surface area (Å²) in [5.41, 5.74) is 4.73. The molecule has 2 aromatic heterocycles. The van der Waals surface area contributed by atoms with Gasteiger partial charge in [-0.05, 0) is 29.7 Å². The third kappa shape index (κ3) is 3.73. The molecule has 0 atom stereocenters. The van der Waals surface area contributed by atoms with Crippen molar-refractivity contribution in [1.29, 1.82) is 0 Å². The maximum absolute atomic E-state index is 12.1. The molecule has 0 amide bonds. The second kappa shape index (κ2) is 8.46. The first kappa shape index (κ1) is 20.8. The molecule has 0 fully saturated rings. The van der Waals surface area contributed by atoms with Gasteiger partial charge in [-0.25, -0.2) is 4.98 Å². The smallest absolute Gasteiger partial charge is 0.229 e. The van der Waals surface area contributed by atoms with Crippen molar-refractivity contribution in [2.45, 2.75) is 19.3 Å². The van der Waals surface area contributed by atoms with Gasteiger partial charge in [0.2, 0.25) is 11.7 Å². The summed E-state index contributed by atoms with van der Waals surface area (Å²) < 4.78 is 18.3. The lowest BCUT2D eigenvalue weighted by atomic mass is 9.89. The van der Waals surface area contributed by atoms with Gasteiger partial charge in [-0.15, -0.1) is 0 Å². The van der Waals surface area contributed by atoms with Gasteiger partial charge in [-0.1, -0.05) is 12.1 Å². The highest BCUT2D eigenvalue weighted by atomic mass is 16.5. The fourth-order valence-corrected chi connectivity index (χ4v) is 4.30. The van der Waals surface area contributed by atoms with Crippen LogP contribution in [-0.4, -0.2) is 41.6 Å². The Kier molecular flexibility index (Phi) is 5.34. The SMILES string of the molecule is COc1cc(Nc2ncc3ccn(-c4cccc5c4CC(=O)CC5)c3n2)cc(OC)c1OC. The standard InChI is InChI=1S/C25H24N4O4/c1-31-21-11-17(12-22(32-2)23(21)33-3)27-25-26-14-16-9-10-29(24(16)28-25)20-6-4-5-15-7-8-18(30)13-19(15)20/h4-6,9-12,14H,7-8,13H2,1-3H3,(H,26,27,28). The van der Waals surface area contributed by atoms with Crippen LogP contribution in [0.3, 0.4) is 0 Å². The van der Waals surface area contributed by atoms with Crippen LogP contribution in [0, 0.1) is 0 Å². The van der Waals surface area contributed by atoms with E-state index in [-0.39, 0.29) is 5.78 Å². The molecule has 1 N–H and O–H groups in total. The first-order valence-corrected chi connectivity index (χ1v) is 10.6. The van der Waals surface area contributed by atoms with Crippen molar-refractivity contribution in [2.24, 2.45) is 0 Å².